The van der Waals surface area contributed by atoms with E-state index in [1.165, 1.54) is 29.7 Å². The van der Waals surface area contributed by atoms with Crippen LogP contribution in [-0.2, 0) is 26.0 Å². The summed E-state index contributed by atoms with van der Waals surface area (Å²) in [5, 5.41) is 7.72. The zero-order chi connectivity index (χ0) is 24.5. The van der Waals surface area contributed by atoms with Crippen molar-refractivity contribution in [2.24, 2.45) is 0 Å². The molecular weight excluding hydrogens is 469 g/mol. The predicted molar refractivity (Wildman–Crippen MR) is 132 cm³/mol. The molecule has 1 aliphatic carbocycles. The van der Waals surface area contributed by atoms with Crippen LogP contribution in [0.25, 0.3) is 0 Å². The summed E-state index contributed by atoms with van der Waals surface area (Å²) in [4.78, 5) is 12.8. The van der Waals surface area contributed by atoms with Gasteiger partial charge >= 0.3 is 0 Å². The summed E-state index contributed by atoms with van der Waals surface area (Å²) < 4.78 is 26.7. The smallest absolute Gasteiger partial charge is 0.291 e. The van der Waals surface area contributed by atoms with Crippen LogP contribution < -0.4 is 10.1 Å². The van der Waals surface area contributed by atoms with E-state index in [2.05, 4.69) is 22.5 Å². The first-order chi connectivity index (χ1) is 16.9. The number of nitrogens with one attached hydrogen (secondary N) is 1. The zero-order valence-corrected chi connectivity index (χ0v) is 20.3. The van der Waals surface area contributed by atoms with Crippen LogP contribution in [0.1, 0.15) is 50.8 Å². The summed E-state index contributed by atoms with van der Waals surface area (Å²) in [5.74, 6) is 0.777. The normalized spacial score (nSPS) is 12.6. The number of nitrogens with zero attached hydrogens (tertiary/aromatic N) is 2. The molecule has 0 atom stereocenters. The van der Waals surface area contributed by atoms with E-state index >= 15 is 0 Å². The van der Waals surface area contributed by atoms with E-state index in [1.54, 1.807) is 22.9 Å². The van der Waals surface area contributed by atoms with Gasteiger partial charge in [0.2, 0.25) is 0 Å². The Balaban J connectivity index is 1.24. The lowest BCUT2D eigenvalue weighted by atomic mass is 10.1. The summed E-state index contributed by atoms with van der Waals surface area (Å²) in [7, 11) is 0. The van der Waals surface area contributed by atoms with E-state index in [9.17, 15) is 9.18 Å². The van der Waals surface area contributed by atoms with Crippen molar-refractivity contribution in [3.63, 3.8) is 0 Å². The van der Waals surface area contributed by atoms with Crippen LogP contribution in [-0.4, -0.2) is 15.7 Å². The molecule has 0 saturated heterocycles. The molecule has 0 fully saturated rings. The first kappa shape index (κ1) is 23.2. The summed E-state index contributed by atoms with van der Waals surface area (Å²) in [6.45, 7) is 4.25. The third-order valence-electron chi connectivity index (χ3n) is 6.29. The number of furan rings is 1. The highest BCUT2D eigenvalue weighted by Crippen LogP contribution is 2.27. The topological polar surface area (TPSA) is 69.3 Å². The molecule has 0 unspecified atom stereocenters. The Morgan fingerprint density at radius 2 is 1.97 bits per heavy atom. The zero-order valence-electron chi connectivity index (χ0n) is 19.5. The van der Waals surface area contributed by atoms with Gasteiger partial charge in [-0.2, -0.15) is 5.10 Å². The standard InChI is InChI=1S/C27H25ClFN3O3/c1-16-26(17(2)32(31-16)14-20-6-8-21(29)13-24(20)28)30-27(33)25-11-10-23(35-25)15-34-22-9-7-18-4-3-5-19(18)12-22/h6-13H,3-5,14-15H2,1-2H3,(H,30,33). The fourth-order valence-corrected chi connectivity index (χ4v) is 4.62. The van der Waals surface area contributed by atoms with E-state index in [4.69, 9.17) is 20.8 Å². The van der Waals surface area contributed by atoms with Crippen LogP contribution in [0.5, 0.6) is 5.75 Å². The van der Waals surface area contributed by atoms with Crippen molar-refractivity contribution in [3.05, 3.63) is 99.0 Å². The Hall–Kier alpha value is -3.58. The van der Waals surface area contributed by atoms with E-state index < -0.39 is 5.82 Å². The van der Waals surface area contributed by atoms with Crippen molar-refractivity contribution in [1.29, 1.82) is 0 Å². The highest BCUT2D eigenvalue weighted by atomic mass is 35.5. The van der Waals surface area contributed by atoms with Crippen LogP contribution in [0.3, 0.4) is 0 Å². The number of amides is 1. The van der Waals surface area contributed by atoms with E-state index in [-0.39, 0.29) is 18.3 Å². The van der Waals surface area contributed by atoms with E-state index in [0.717, 1.165) is 29.8 Å². The van der Waals surface area contributed by atoms with E-state index in [0.29, 0.717) is 28.7 Å². The molecule has 1 aliphatic rings. The number of carbonyl (C=O) groups excluding carboxylic acids is 1. The lowest BCUT2D eigenvalue weighted by Crippen LogP contribution is -2.12. The molecule has 0 aliphatic heterocycles. The van der Waals surface area contributed by atoms with Gasteiger partial charge in [0, 0.05) is 5.02 Å². The van der Waals surface area contributed by atoms with E-state index in [1.807, 2.05) is 19.9 Å². The van der Waals surface area contributed by atoms with Gasteiger partial charge in [-0.1, -0.05) is 23.7 Å². The molecule has 5 rings (SSSR count). The van der Waals surface area contributed by atoms with Gasteiger partial charge in [0.15, 0.2) is 5.76 Å². The minimum atomic E-state index is -0.393. The first-order valence-electron chi connectivity index (χ1n) is 11.5. The fourth-order valence-electron chi connectivity index (χ4n) is 4.39. The maximum Gasteiger partial charge on any atom is 0.291 e. The molecule has 8 heteroatoms. The quantitative estimate of drug-likeness (QED) is 0.330. The van der Waals surface area contributed by atoms with Crippen molar-refractivity contribution in [1.82, 2.24) is 9.78 Å². The number of rotatable bonds is 7. The third kappa shape index (κ3) is 4.95. The maximum atomic E-state index is 13.4. The largest absolute Gasteiger partial charge is 0.486 e. The molecule has 2 aromatic carbocycles. The lowest BCUT2D eigenvalue weighted by Gasteiger charge is -2.08. The molecule has 2 heterocycles. The summed E-state index contributed by atoms with van der Waals surface area (Å²) in [6.07, 6.45) is 3.40. The van der Waals surface area contributed by atoms with Crippen molar-refractivity contribution >= 4 is 23.2 Å². The summed E-state index contributed by atoms with van der Waals surface area (Å²) >= 11 is 6.16. The van der Waals surface area contributed by atoms with Gasteiger partial charge in [-0.15, -0.1) is 0 Å². The van der Waals surface area contributed by atoms with Crippen molar-refractivity contribution in [2.75, 3.05) is 5.32 Å². The SMILES string of the molecule is Cc1nn(Cc2ccc(F)cc2Cl)c(C)c1NC(=O)c1ccc(COc2ccc3c(c2)CCC3)o1. The number of fused-ring (bicyclic) bond motifs is 1. The van der Waals surface area contributed by atoms with Crippen LogP contribution in [0.2, 0.25) is 5.02 Å². The Kier molecular flexibility index (Phi) is 6.34. The van der Waals surface area contributed by atoms with Gasteiger partial charge in [0.1, 0.15) is 23.9 Å². The number of ether oxygens (including phenoxy) is 1. The molecule has 0 bridgehead atoms. The Morgan fingerprint density at radius 1 is 1.14 bits per heavy atom. The number of hydrogen-bond donors (Lipinski definition) is 1. The average molecular weight is 494 g/mol. The Labute approximate surface area is 207 Å². The second kappa shape index (κ2) is 9.58. The molecule has 0 radical (unpaired) electrons. The maximum absolute atomic E-state index is 13.4. The number of aromatic nitrogens is 2. The molecule has 0 spiro atoms. The predicted octanol–water partition coefficient (Wildman–Crippen LogP) is 6.25. The highest BCUT2D eigenvalue weighted by Gasteiger charge is 2.19. The molecule has 2 aromatic heterocycles. The van der Waals surface area contributed by atoms with Crippen molar-refractivity contribution < 1.29 is 18.3 Å². The van der Waals surface area contributed by atoms with Crippen molar-refractivity contribution in [2.45, 2.75) is 46.3 Å². The molecule has 0 saturated carbocycles. The number of carbonyl (C=O) groups is 1. The van der Waals surface area contributed by atoms with Gasteiger partial charge in [0.05, 0.1) is 23.6 Å². The van der Waals surface area contributed by atoms with Crippen molar-refractivity contribution in [3.8, 4) is 5.75 Å². The molecular formula is C27H25ClFN3O3. The highest BCUT2D eigenvalue weighted by molar-refractivity contribution is 6.31. The Morgan fingerprint density at radius 3 is 2.80 bits per heavy atom. The van der Waals surface area contributed by atoms with Gasteiger partial charge in [-0.05, 0) is 86.2 Å². The molecule has 4 aromatic rings. The molecule has 1 amide bonds. The third-order valence-corrected chi connectivity index (χ3v) is 6.64. The van der Waals surface area contributed by atoms with Gasteiger partial charge in [0.25, 0.3) is 5.91 Å². The minimum absolute atomic E-state index is 0.186. The Bertz CT molecular complexity index is 1410. The number of aryl methyl sites for hydroxylation is 3. The number of hydrogen-bond acceptors (Lipinski definition) is 4. The van der Waals surface area contributed by atoms with Gasteiger partial charge < -0.3 is 14.5 Å². The minimum Gasteiger partial charge on any atom is -0.486 e. The number of anilines is 1. The fraction of sp³-hybridized carbons (Fsp3) is 0.259. The van der Waals surface area contributed by atoms with Gasteiger partial charge in [-0.3, -0.25) is 9.48 Å². The average Bonchev–Trinajstić information content (AvgIpc) is 3.55. The lowest BCUT2D eigenvalue weighted by molar-refractivity contribution is 0.0992. The second-order valence-electron chi connectivity index (χ2n) is 8.73. The second-order valence-corrected chi connectivity index (χ2v) is 9.14. The monoisotopic (exact) mass is 493 g/mol. The molecule has 180 valence electrons. The first-order valence-corrected chi connectivity index (χ1v) is 11.9. The van der Waals surface area contributed by atoms with Crippen LogP contribution in [0, 0.1) is 19.7 Å². The molecule has 35 heavy (non-hydrogen) atoms. The van der Waals surface area contributed by atoms with Crippen LogP contribution >= 0.6 is 11.6 Å². The number of benzene rings is 2. The molecule has 1 N–H and O–H groups in total. The van der Waals surface area contributed by atoms with Crippen LogP contribution in [0.15, 0.2) is 52.9 Å². The summed E-state index contributed by atoms with van der Waals surface area (Å²) in [5.41, 5.74) is 5.47. The number of halogens is 2. The summed E-state index contributed by atoms with van der Waals surface area (Å²) in [6, 6.07) is 13.8. The van der Waals surface area contributed by atoms with Crippen LogP contribution in [0.4, 0.5) is 10.1 Å². The van der Waals surface area contributed by atoms with Gasteiger partial charge in [-0.25, -0.2) is 4.39 Å². The molecule has 6 nitrogen and oxygen atoms in total.